The number of hydrogen-bond donors (Lipinski definition) is 1. The minimum Gasteiger partial charge on any atom is -0.466 e. The third-order valence-electron chi connectivity index (χ3n) is 0.730. The maximum atomic E-state index is 10.5. The number of esters is 1. The number of carbonyl (C=O) groups excluding carboxylic acids is 2. The van der Waals surface area contributed by atoms with Crippen molar-refractivity contribution < 1.29 is 14.3 Å². The number of rotatable bonds is 5. The van der Waals surface area contributed by atoms with Crippen molar-refractivity contribution in [2.45, 2.75) is 6.92 Å². The topological polar surface area (TPSA) is 55.4 Å². The fraction of sp³-hybridized carbons (Fsp3) is 0.500. The maximum absolute atomic E-state index is 10.5. The van der Waals surface area contributed by atoms with Crippen LogP contribution in [-0.4, -0.2) is 25.5 Å². The Bertz CT molecular complexity index is 114. The van der Waals surface area contributed by atoms with Crippen molar-refractivity contribution >= 4 is 12.4 Å². The average Bonchev–Trinajstić information content (AvgIpc) is 1.89. The Morgan fingerprint density at radius 1 is 1.80 bits per heavy atom. The quantitative estimate of drug-likeness (QED) is 0.318. The Kier molecular flexibility index (Phi) is 5.42. The van der Waals surface area contributed by atoms with Crippen LogP contribution in [0.15, 0.2) is 0 Å². The molecule has 0 atom stereocenters. The van der Waals surface area contributed by atoms with E-state index in [9.17, 15) is 9.59 Å². The van der Waals surface area contributed by atoms with E-state index in [1.54, 1.807) is 6.92 Å². The van der Waals surface area contributed by atoms with E-state index in [-0.39, 0.29) is 6.54 Å². The van der Waals surface area contributed by atoms with Crippen LogP contribution < -0.4 is 5.32 Å². The third kappa shape index (κ3) is 5.08. The Hall–Kier alpha value is -1.06. The van der Waals surface area contributed by atoms with Gasteiger partial charge in [-0.3, -0.25) is 9.59 Å². The summed E-state index contributed by atoms with van der Waals surface area (Å²) in [6, 6.07) is 0. The molecule has 0 heterocycles. The van der Waals surface area contributed by atoms with E-state index in [1.165, 1.54) is 12.8 Å². The molecule has 1 amide bonds. The zero-order valence-electron chi connectivity index (χ0n) is 5.72. The molecule has 0 saturated heterocycles. The van der Waals surface area contributed by atoms with E-state index in [1.807, 2.05) is 0 Å². The molecule has 0 unspecified atom stereocenters. The van der Waals surface area contributed by atoms with Gasteiger partial charge in [-0.05, 0) is 6.92 Å². The zero-order chi connectivity index (χ0) is 7.82. The van der Waals surface area contributed by atoms with Crippen LogP contribution in [0.25, 0.3) is 0 Å². The molecule has 0 aliphatic heterocycles. The van der Waals surface area contributed by atoms with Crippen LogP contribution in [-0.2, 0) is 14.3 Å². The average molecular weight is 143 g/mol. The summed E-state index contributed by atoms with van der Waals surface area (Å²) in [5.41, 5.74) is 0. The molecule has 0 rings (SSSR count). The normalized spacial score (nSPS) is 8.50. The van der Waals surface area contributed by atoms with Crippen molar-refractivity contribution in [2.24, 2.45) is 0 Å². The van der Waals surface area contributed by atoms with Gasteiger partial charge in [-0.1, -0.05) is 0 Å². The number of hydrogen-bond acceptors (Lipinski definition) is 3. The first kappa shape index (κ1) is 8.94. The molecule has 0 aromatic heterocycles. The Balaban J connectivity index is 3.13. The molecule has 4 nitrogen and oxygen atoms in total. The molecule has 0 fully saturated rings. The summed E-state index contributed by atoms with van der Waals surface area (Å²) in [4.78, 5) is 20.0. The van der Waals surface area contributed by atoms with Gasteiger partial charge in [0.1, 0.15) is 0 Å². The van der Waals surface area contributed by atoms with E-state index in [0.29, 0.717) is 6.61 Å². The van der Waals surface area contributed by atoms with Crippen molar-refractivity contribution in [1.29, 1.82) is 0 Å². The van der Waals surface area contributed by atoms with E-state index in [2.05, 4.69) is 10.1 Å². The summed E-state index contributed by atoms with van der Waals surface area (Å²) in [6.45, 7) is 2.23. The van der Waals surface area contributed by atoms with Gasteiger partial charge in [0.25, 0.3) is 0 Å². The molecular formula is C6H9NO3. The molecule has 10 heavy (non-hydrogen) atoms. The molecule has 4 heteroatoms. The molecule has 1 N–H and O–H groups in total. The van der Waals surface area contributed by atoms with Gasteiger partial charge >= 0.3 is 12.4 Å². The fourth-order valence-electron chi connectivity index (χ4n) is 0.377. The van der Waals surface area contributed by atoms with Crippen LogP contribution in [0.3, 0.4) is 0 Å². The van der Waals surface area contributed by atoms with E-state index >= 15 is 0 Å². The van der Waals surface area contributed by atoms with E-state index < -0.39 is 5.97 Å². The highest BCUT2D eigenvalue weighted by molar-refractivity contribution is 5.79. The molecule has 0 saturated carbocycles. The molecule has 0 bridgehead atoms. The van der Waals surface area contributed by atoms with Gasteiger partial charge in [0.2, 0.25) is 0 Å². The van der Waals surface area contributed by atoms with Crippen molar-refractivity contribution in [1.82, 2.24) is 5.32 Å². The van der Waals surface area contributed by atoms with E-state index in [4.69, 9.17) is 0 Å². The fourth-order valence-corrected chi connectivity index (χ4v) is 0.377. The van der Waals surface area contributed by atoms with Crippen molar-refractivity contribution in [3.8, 4) is 0 Å². The van der Waals surface area contributed by atoms with Gasteiger partial charge in [0.05, 0.1) is 13.0 Å². The van der Waals surface area contributed by atoms with Crippen LogP contribution in [0.1, 0.15) is 6.92 Å². The number of ether oxygens (including phenoxy) is 1. The number of carbonyl (C=O) groups is 1. The second kappa shape index (κ2) is 6.07. The highest BCUT2D eigenvalue weighted by Gasteiger charge is 1.99. The standard InChI is InChI=1S/C6H9NO3/c1-2-10-6(9)3-4-7-5-8/h3H,2,4H2,1H3,(H,7,8). The Morgan fingerprint density at radius 2 is 2.50 bits per heavy atom. The second-order valence-corrected chi connectivity index (χ2v) is 1.44. The van der Waals surface area contributed by atoms with E-state index in [0.717, 1.165) is 0 Å². The summed E-state index contributed by atoms with van der Waals surface area (Å²) in [5, 5.41) is 2.18. The van der Waals surface area contributed by atoms with Gasteiger partial charge < -0.3 is 10.1 Å². The largest absolute Gasteiger partial charge is 0.466 e. The van der Waals surface area contributed by atoms with Crippen LogP contribution in [0, 0.1) is 6.42 Å². The molecule has 0 aliphatic rings. The van der Waals surface area contributed by atoms with Gasteiger partial charge in [0, 0.05) is 6.54 Å². The van der Waals surface area contributed by atoms with Crippen LogP contribution >= 0.6 is 0 Å². The number of amides is 1. The maximum Gasteiger partial charge on any atom is 0.311 e. The summed E-state index contributed by atoms with van der Waals surface area (Å²) in [6.07, 6.45) is 2.66. The molecular weight excluding hydrogens is 134 g/mol. The van der Waals surface area contributed by atoms with Crippen LogP contribution in [0.4, 0.5) is 0 Å². The lowest BCUT2D eigenvalue weighted by molar-refractivity contribution is -0.138. The minimum absolute atomic E-state index is 0.169. The first-order valence-electron chi connectivity index (χ1n) is 2.91. The lowest BCUT2D eigenvalue weighted by atomic mass is 10.4. The predicted molar refractivity (Wildman–Crippen MR) is 34.6 cm³/mol. The lowest BCUT2D eigenvalue weighted by Gasteiger charge is -1.98. The van der Waals surface area contributed by atoms with Gasteiger partial charge in [0.15, 0.2) is 0 Å². The Labute approximate surface area is 59.6 Å². The molecule has 0 aromatic carbocycles. The first-order valence-corrected chi connectivity index (χ1v) is 2.91. The highest BCUT2D eigenvalue weighted by atomic mass is 16.5. The van der Waals surface area contributed by atoms with Crippen molar-refractivity contribution in [2.75, 3.05) is 13.2 Å². The SMILES string of the molecule is CCOC(=O)[CH]CN[C]=O. The lowest BCUT2D eigenvalue weighted by Crippen LogP contribution is -2.18. The molecule has 0 spiro atoms. The molecule has 0 aliphatic carbocycles. The highest BCUT2D eigenvalue weighted by Crippen LogP contribution is 1.80. The predicted octanol–water partition coefficient (Wildman–Crippen LogP) is -0.589. The van der Waals surface area contributed by atoms with Gasteiger partial charge in [-0.15, -0.1) is 0 Å². The summed E-state index contributed by atoms with van der Waals surface area (Å²) < 4.78 is 4.52. The third-order valence-corrected chi connectivity index (χ3v) is 0.730. The van der Waals surface area contributed by atoms with Crippen molar-refractivity contribution in [3.63, 3.8) is 0 Å². The summed E-state index contributed by atoms with van der Waals surface area (Å²) in [5.74, 6) is -0.426. The van der Waals surface area contributed by atoms with Crippen LogP contribution in [0.2, 0.25) is 0 Å². The molecule has 56 valence electrons. The minimum atomic E-state index is -0.426. The van der Waals surface area contributed by atoms with Crippen LogP contribution in [0.5, 0.6) is 0 Å². The zero-order valence-corrected chi connectivity index (χ0v) is 5.72. The molecule has 2 radical (unpaired) electrons. The van der Waals surface area contributed by atoms with Gasteiger partial charge in [-0.2, -0.15) is 0 Å². The second-order valence-electron chi connectivity index (χ2n) is 1.44. The summed E-state index contributed by atoms with van der Waals surface area (Å²) in [7, 11) is 0. The monoisotopic (exact) mass is 143 g/mol. The number of nitrogens with one attached hydrogen (secondary N) is 1. The smallest absolute Gasteiger partial charge is 0.311 e. The Morgan fingerprint density at radius 3 is 3.00 bits per heavy atom. The van der Waals surface area contributed by atoms with Crippen molar-refractivity contribution in [3.05, 3.63) is 6.42 Å². The molecule has 0 aromatic rings. The summed E-state index contributed by atoms with van der Waals surface area (Å²) >= 11 is 0. The first-order chi connectivity index (χ1) is 4.81. The van der Waals surface area contributed by atoms with Gasteiger partial charge in [-0.25, -0.2) is 0 Å².